The third kappa shape index (κ3) is 3.91. The van der Waals surface area contributed by atoms with Gasteiger partial charge >= 0.3 is 0 Å². The first-order valence-electron chi connectivity index (χ1n) is 6.81. The SMILES string of the molecule is Cc1ccc(C)c(C(=O)NNC(=O)c2ccc([N+](=O)[O-])cc2)c1. The van der Waals surface area contributed by atoms with E-state index in [1.807, 2.05) is 19.1 Å². The highest BCUT2D eigenvalue weighted by Gasteiger charge is 2.12. The standard InChI is InChI=1S/C16H15N3O4/c1-10-3-4-11(2)14(9-10)16(21)18-17-15(20)12-5-7-13(8-6-12)19(22)23/h3-9H,1-2H3,(H,17,20)(H,18,21). The summed E-state index contributed by atoms with van der Waals surface area (Å²) in [7, 11) is 0. The second-order valence-electron chi connectivity index (χ2n) is 5.03. The summed E-state index contributed by atoms with van der Waals surface area (Å²) in [6.45, 7) is 3.66. The average Bonchev–Trinajstić information content (AvgIpc) is 2.54. The minimum absolute atomic E-state index is 0.110. The molecule has 0 unspecified atom stereocenters. The molecule has 118 valence electrons. The van der Waals surface area contributed by atoms with Gasteiger partial charge in [-0.2, -0.15) is 0 Å². The first kappa shape index (κ1) is 16.2. The Morgan fingerprint density at radius 3 is 2.17 bits per heavy atom. The number of nitro groups is 1. The molecule has 7 heteroatoms. The third-order valence-electron chi connectivity index (χ3n) is 3.27. The van der Waals surface area contributed by atoms with Crippen LogP contribution < -0.4 is 10.9 Å². The summed E-state index contributed by atoms with van der Waals surface area (Å²) in [4.78, 5) is 34.0. The Hall–Kier alpha value is -3.22. The lowest BCUT2D eigenvalue weighted by atomic mass is 10.1. The second kappa shape index (κ2) is 6.69. The van der Waals surface area contributed by atoms with Crippen LogP contribution in [0.15, 0.2) is 42.5 Å². The van der Waals surface area contributed by atoms with Crippen molar-refractivity contribution in [3.05, 3.63) is 74.8 Å². The van der Waals surface area contributed by atoms with Crippen LogP contribution in [0.5, 0.6) is 0 Å². The van der Waals surface area contributed by atoms with Gasteiger partial charge in [-0.25, -0.2) is 0 Å². The summed E-state index contributed by atoms with van der Waals surface area (Å²) in [5.41, 5.74) is 6.90. The number of hydrazine groups is 1. The molecule has 0 aliphatic heterocycles. The fraction of sp³-hybridized carbons (Fsp3) is 0.125. The van der Waals surface area contributed by atoms with E-state index in [4.69, 9.17) is 0 Å². The van der Waals surface area contributed by atoms with Gasteiger partial charge in [0.25, 0.3) is 17.5 Å². The van der Waals surface area contributed by atoms with Gasteiger partial charge in [-0.15, -0.1) is 0 Å². The molecule has 0 aliphatic carbocycles. The number of benzene rings is 2. The Kier molecular flexibility index (Phi) is 4.70. The van der Waals surface area contributed by atoms with E-state index >= 15 is 0 Å². The van der Waals surface area contributed by atoms with Crippen molar-refractivity contribution in [3.63, 3.8) is 0 Å². The molecule has 0 aliphatic rings. The molecule has 0 spiro atoms. The molecule has 0 radical (unpaired) electrons. The number of nitrogens with one attached hydrogen (secondary N) is 2. The van der Waals surface area contributed by atoms with E-state index in [0.29, 0.717) is 5.56 Å². The van der Waals surface area contributed by atoms with E-state index < -0.39 is 16.7 Å². The Labute approximate surface area is 132 Å². The van der Waals surface area contributed by atoms with Gasteiger partial charge in [0.15, 0.2) is 0 Å². The molecule has 2 aromatic rings. The molecule has 0 saturated carbocycles. The maximum Gasteiger partial charge on any atom is 0.269 e. The molecule has 0 aromatic heterocycles. The molecule has 23 heavy (non-hydrogen) atoms. The van der Waals surface area contributed by atoms with Gasteiger partial charge in [0.05, 0.1) is 4.92 Å². The Morgan fingerprint density at radius 1 is 0.957 bits per heavy atom. The van der Waals surface area contributed by atoms with Crippen LogP contribution in [0.2, 0.25) is 0 Å². The average molecular weight is 313 g/mol. The van der Waals surface area contributed by atoms with E-state index in [9.17, 15) is 19.7 Å². The number of hydrogen-bond donors (Lipinski definition) is 2. The van der Waals surface area contributed by atoms with Crippen molar-refractivity contribution in [2.45, 2.75) is 13.8 Å². The molecule has 0 saturated heterocycles. The minimum atomic E-state index is -0.557. The number of carbonyl (C=O) groups is 2. The zero-order chi connectivity index (χ0) is 17.0. The van der Waals surface area contributed by atoms with E-state index in [1.165, 1.54) is 24.3 Å². The Bertz CT molecular complexity index is 769. The lowest BCUT2D eigenvalue weighted by Gasteiger charge is -2.10. The van der Waals surface area contributed by atoms with Crippen molar-refractivity contribution < 1.29 is 14.5 Å². The van der Waals surface area contributed by atoms with E-state index in [-0.39, 0.29) is 11.3 Å². The summed E-state index contributed by atoms with van der Waals surface area (Å²) in [5.74, 6) is -0.986. The maximum atomic E-state index is 12.1. The quantitative estimate of drug-likeness (QED) is 0.670. The molecule has 2 rings (SSSR count). The number of amides is 2. The molecule has 0 heterocycles. The van der Waals surface area contributed by atoms with Crippen LogP contribution in [0, 0.1) is 24.0 Å². The van der Waals surface area contributed by atoms with Crippen LogP contribution in [0.4, 0.5) is 5.69 Å². The highest BCUT2D eigenvalue weighted by atomic mass is 16.6. The fourth-order valence-corrected chi connectivity index (χ4v) is 1.97. The number of carbonyl (C=O) groups excluding carboxylic acids is 2. The third-order valence-corrected chi connectivity index (χ3v) is 3.27. The van der Waals surface area contributed by atoms with Crippen molar-refractivity contribution in [1.29, 1.82) is 0 Å². The molecule has 0 bridgehead atoms. The summed E-state index contributed by atoms with van der Waals surface area (Å²) in [5, 5.41) is 10.6. The van der Waals surface area contributed by atoms with Crippen molar-refractivity contribution in [2.75, 3.05) is 0 Å². The predicted molar refractivity (Wildman–Crippen MR) is 83.9 cm³/mol. The molecular formula is C16H15N3O4. The Morgan fingerprint density at radius 2 is 1.57 bits per heavy atom. The first-order chi connectivity index (χ1) is 10.9. The van der Waals surface area contributed by atoms with Crippen molar-refractivity contribution in [2.24, 2.45) is 0 Å². The fourth-order valence-electron chi connectivity index (χ4n) is 1.97. The lowest BCUT2D eigenvalue weighted by Crippen LogP contribution is -2.41. The molecule has 7 nitrogen and oxygen atoms in total. The van der Waals surface area contributed by atoms with Crippen LogP contribution in [0.3, 0.4) is 0 Å². The van der Waals surface area contributed by atoms with Crippen LogP contribution >= 0.6 is 0 Å². The van der Waals surface area contributed by atoms with Crippen molar-refractivity contribution in [3.8, 4) is 0 Å². The Balaban J connectivity index is 2.02. The van der Waals surface area contributed by atoms with E-state index in [1.54, 1.807) is 13.0 Å². The smallest absolute Gasteiger partial charge is 0.267 e. The predicted octanol–water partition coefficient (Wildman–Crippen LogP) is 2.29. The van der Waals surface area contributed by atoms with E-state index in [0.717, 1.165) is 11.1 Å². The molecule has 2 aromatic carbocycles. The second-order valence-corrected chi connectivity index (χ2v) is 5.03. The molecule has 0 fully saturated rings. The number of nitrogens with zero attached hydrogens (tertiary/aromatic N) is 1. The van der Waals surface area contributed by atoms with Gasteiger partial charge in [0, 0.05) is 23.3 Å². The zero-order valence-electron chi connectivity index (χ0n) is 12.6. The lowest BCUT2D eigenvalue weighted by molar-refractivity contribution is -0.384. The van der Waals surface area contributed by atoms with Crippen LogP contribution in [-0.2, 0) is 0 Å². The summed E-state index contributed by atoms with van der Waals surface area (Å²) in [6, 6.07) is 10.5. The maximum absolute atomic E-state index is 12.1. The summed E-state index contributed by atoms with van der Waals surface area (Å²) < 4.78 is 0. The molecule has 2 amide bonds. The molecule has 2 N–H and O–H groups in total. The molecular weight excluding hydrogens is 298 g/mol. The van der Waals surface area contributed by atoms with Crippen LogP contribution in [0.1, 0.15) is 31.8 Å². The summed E-state index contributed by atoms with van der Waals surface area (Å²) in [6.07, 6.45) is 0. The summed E-state index contributed by atoms with van der Waals surface area (Å²) >= 11 is 0. The number of hydrogen-bond acceptors (Lipinski definition) is 4. The van der Waals surface area contributed by atoms with Gasteiger partial charge in [-0.3, -0.25) is 30.6 Å². The molecule has 0 atom stereocenters. The van der Waals surface area contributed by atoms with Gasteiger partial charge in [0.1, 0.15) is 0 Å². The van der Waals surface area contributed by atoms with Crippen molar-refractivity contribution in [1.82, 2.24) is 10.9 Å². The van der Waals surface area contributed by atoms with Gasteiger partial charge < -0.3 is 0 Å². The minimum Gasteiger partial charge on any atom is -0.267 e. The van der Waals surface area contributed by atoms with E-state index in [2.05, 4.69) is 10.9 Å². The van der Waals surface area contributed by atoms with Gasteiger partial charge in [-0.05, 0) is 37.6 Å². The van der Waals surface area contributed by atoms with Crippen LogP contribution in [0.25, 0.3) is 0 Å². The number of non-ortho nitro benzene ring substituents is 1. The highest BCUT2D eigenvalue weighted by Crippen LogP contribution is 2.12. The monoisotopic (exact) mass is 313 g/mol. The van der Waals surface area contributed by atoms with Gasteiger partial charge in [0.2, 0.25) is 0 Å². The number of rotatable bonds is 3. The topological polar surface area (TPSA) is 101 Å². The largest absolute Gasteiger partial charge is 0.269 e. The van der Waals surface area contributed by atoms with Crippen LogP contribution in [-0.4, -0.2) is 16.7 Å². The van der Waals surface area contributed by atoms with Gasteiger partial charge in [-0.1, -0.05) is 17.7 Å². The van der Waals surface area contributed by atoms with Crippen molar-refractivity contribution >= 4 is 17.5 Å². The first-order valence-corrected chi connectivity index (χ1v) is 6.81. The number of nitro benzene ring substituents is 1. The highest BCUT2D eigenvalue weighted by molar-refractivity contribution is 5.99. The zero-order valence-corrected chi connectivity index (χ0v) is 12.6. The number of aryl methyl sites for hydroxylation is 2. The normalized spacial score (nSPS) is 10.0.